The number of ether oxygens (including phenoxy) is 1. The summed E-state index contributed by atoms with van der Waals surface area (Å²) >= 11 is 1.24. The van der Waals surface area contributed by atoms with Crippen LogP contribution in [0.5, 0.6) is 0 Å². The Bertz CT molecular complexity index is 208. The van der Waals surface area contributed by atoms with Crippen molar-refractivity contribution in [3.63, 3.8) is 0 Å². The maximum Gasteiger partial charge on any atom is 0.333 e. The molecule has 0 bridgehead atoms. The van der Waals surface area contributed by atoms with Crippen molar-refractivity contribution in [2.24, 2.45) is 0 Å². The van der Waals surface area contributed by atoms with Crippen LogP contribution in [-0.2, 0) is 14.3 Å². The van der Waals surface area contributed by atoms with Gasteiger partial charge in [-0.2, -0.15) is 0 Å². The number of thioether (sulfide) groups is 1. The van der Waals surface area contributed by atoms with Gasteiger partial charge in [0.25, 0.3) is 0 Å². The largest absolute Gasteiger partial charge is 0.480 e. The molecule has 1 aliphatic rings. The molecule has 1 aliphatic heterocycles. The topological polar surface area (TPSA) is 75.6 Å². The van der Waals surface area contributed by atoms with E-state index in [1.165, 1.54) is 18.9 Å². The van der Waals surface area contributed by atoms with Gasteiger partial charge in [0, 0.05) is 5.75 Å². The first kappa shape index (κ1) is 9.34. The fourth-order valence-corrected chi connectivity index (χ4v) is 1.97. The summed E-state index contributed by atoms with van der Waals surface area (Å²) in [4.78, 5) is 21.3. The normalized spacial score (nSPS) is 28.4. The fraction of sp³-hybridized carbons (Fsp3) is 0.667. The highest BCUT2D eigenvalue weighted by molar-refractivity contribution is 8.00. The second kappa shape index (κ2) is 3.77. The number of methoxy groups -OCH3 is 1. The summed E-state index contributed by atoms with van der Waals surface area (Å²) in [5, 5.41) is 10.7. The Morgan fingerprint density at radius 3 is 2.75 bits per heavy atom. The predicted molar refractivity (Wildman–Crippen MR) is 42.8 cm³/mol. The van der Waals surface area contributed by atoms with E-state index in [0.29, 0.717) is 5.75 Å². The number of carboxylic acid groups (broad SMARTS) is 1. The van der Waals surface area contributed by atoms with E-state index in [1.54, 1.807) is 0 Å². The predicted octanol–water partition coefficient (Wildman–Crippen LogP) is -0.725. The molecule has 0 radical (unpaired) electrons. The average Bonchev–Trinajstić information content (AvgIpc) is 2.51. The van der Waals surface area contributed by atoms with Gasteiger partial charge in [0.2, 0.25) is 0 Å². The number of aliphatic carboxylic acids is 1. The standard InChI is InChI=1S/C6H9NO4S/c1-11-6(10)4-7-3(2-12-4)5(8)9/h3-4,7H,2H2,1H3,(H,8,9)/t3-,4?/m0/s1. The van der Waals surface area contributed by atoms with Gasteiger partial charge in [-0.1, -0.05) is 0 Å². The molecule has 0 amide bonds. The van der Waals surface area contributed by atoms with Crippen LogP contribution in [0, 0.1) is 0 Å². The molecular weight excluding hydrogens is 182 g/mol. The lowest BCUT2D eigenvalue weighted by Crippen LogP contribution is -2.40. The van der Waals surface area contributed by atoms with Crippen LogP contribution in [0.2, 0.25) is 0 Å². The van der Waals surface area contributed by atoms with E-state index in [1.807, 2.05) is 0 Å². The van der Waals surface area contributed by atoms with Crippen LogP contribution >= 0.6 is 11.8 Å². The number of carbonyl (C=O) groups is 2. The van der Waals surface area contributed by atoms with Crippen LogP contribution in [-0.4, -0.2) is 41.3 Å². The Kier molecular flexibility index (Phi) is 2.93. The van der Waals surface area contributed by atoms with Crippen molar-refractivity contribution < 1.29 is 19.4 Å². The van der Waals surface area contributed by atoms with Gasteiger partial charge in [-0.05, 0) is 0 Å². The van der Waals surface area contributed by atoms with E-state index >= 15 is 0 Å². The first-order valence-electron chi connectivity index (χ1n) is 3.33. The van der Waals surface area contributed by atoms with Crippen LogP contribution in [0.4, 0.5) is 0 Å². The fourth-order valence-electron chi connectivity index (χ4n) is 0.857. The molecule has 2 atom stereocenters. The van der Waals surface area contributed by atoms with Crippen LogP contribution in [0.1, 0.15) is 0 Å². The molecule has 1 fully saturated rings. The lowest BCUT2D eigenvalue weighted by atomic mass is 10.3. The SMILES string of the molecule is COC(=O)C1N[C@H](C(=O)O)CS1. The van der Waals surface area contributed by atoms with Gasteiger partial charge < -0.3 is 9.84 Å². The molecule has 0 aromatic heterocycles. The van der Waals surface area contributed by atoms with Crippen LogP contribution in [0.3, 0.4) is 0 Å². The Labute approximate surface area is 73.5 Å². The van der Waals surface area contributed by atoms with E-state index in [0.717, 1.165) is 0 Å². The molecule has 2 N–H and O–H groups in total. The molecule has 0 spiro atoms. The van der Waals surface area contributed by atoms with Crippen LogP contribution in [0.25, 0.3) is 0 Å². The first-order chi connectivity index (χ1) is 5.65. The Hall–Kier alpha value is -0.750. The molecule has 5 nitrogen and oxygen atoms in total. The van der Waals surface area contributed by atoms with Gasteiger partial charge in [0.15, 0.2) is 5.37 Å². The summed E-state index contributed by atoms with van der Waals surface area (Å²) < 4.78 is 4.45. The van der Waals surface area contributed by atoms with E-state index in [4.69, 9.17) is 5.11 Å². The highest BCUT2D eigenvalue weighted by atomic mass is 32.2. The molecular formula is C6H9NO4S. The maximum absolute atomic E-state index is 10.9. The Balaban J connectivity index is 2.45. The summed E-state index contributed by atoms with van der Waals surface area (Å²) in [6.45, 7) is 0. The van der Waals surface area contributed by atoms with Crippen LogP contribution < -0.4 is 5.32 Å². The van der Waals surface area contributed by atoms with Crippen molar-refractivity contribution in [1.82, 2.24) is 5.32 Å². The maximum atomic E-state index is 10.9. The first-order valence-corrected chi connectivity index (χ1v) is 4.38. The summed E-state index contributed by atoms with van der Waals surface area (Å²) in [6.07, 6.45) is 0. The lowest BCUT2D eigenvalue weighted by molar-refractivity contribution is -0.141. The van der Waals surface area contributed by atoms with Crippen LogP contribution in [0.15, 0.2) is 0 Å². The summed E-state index contributed by atoms with van der Waals surface area (Å²) in [7, 11) is 1.28. The minimum Gasteiger partial charge on any atom is -0.480 e. The smallest absolute Gasteiger partial charge is 0.333 e. The van der Waals surface area contributed by atoms with Crippen molar-refractivity contribution >= 4 is 23.7 Å². The molecule has 1 unspecified atom stereocenters. The number of hydrogen-bond acceptors (Lipinski definition) is 5. The third-order valence-corrected chi connectivity index (χ3v) is 2.68. The van der Waals surface area contributed by atoms with Crippen molar-refractivity contribution in [2.45, 2.75) is 11.4 Å². The second-order valence-corrected chi connectivity index (χ2v) is 3.43. The highest BCUT2D eigenvalue weighted by Gasteiger charge is 2.34. The van der Waals surface area contributed by atoms with E-state index in [9.17, 15) is 9.59 Å². The zero-order valence-electron chi connectivity index (χ0n) is 6.44. The molecule has 0 aliphatic carbocycles. The minimum absolute atomic E-state index is 0.398. The summed E-state index contributed by atoms with van der Waals surface area (Å²) in [5.74, 6) is -0.965. The monoisotopic (exact) mass is 191 g/mol. The van der Waals surface area contributed by atoms with Crippen molar-refractivity contribution in [3.05, 3.63) is 0 Å². The zero-order chi connectivity index (χ0) is 9.14. The summed E-state index contributed by atoms with van der Waals surface area (Å²) in [5.41, 5.74) is 0. The average molecular weight is 191 g/mol. The molecule has 0 saturated carbocycles. The number of carbonyl (C=O) groups excluding carboxylic acids is 1. The Morgan fingerprint density at radius 2 is 2.33 bits per heavy atom. The lowest BCUT2D eigenvalue weighted by Gasteiger charge is -2.07. The number of rotatable bonds is 2. The second-order valence-electron chi connectivity index (χ2n) is 2.29. The van der Waals surface area contributed by atoms with E-state index < -0.39 is 23.4 Å². The molecule has 12 heavy (non-hydrogen) atoms. The van der Waals surface area contributed by atoms with Gasteiger partial charge in [-0.25, -0.2) is 4.79 Å². The van der Waals surface area contributed by atoms with Crippen molar-refractivity contribution in [1.29, 1.82) is 0 Å². The van der Waals surface area contributed by atoms with E-state index in [-0.39, 0.29) is 0 Å². The number of hydrogen-bond donors (Lipinski definition) is 2. The third kappa shape index (κ3) is 1.89. The quantitative estimate of drug-likeness (QED) is 0.561. The molecule has 1 heterocycles. The molecule has 0 aromatic carbocycles. The molecule has 6 heteroatoms. The third-order valence-electron chi connectivity index (χ3n) is 1.50. The molecule has 1 rings (SSSR count). The van der Waals surface area contributed by atoms with E-state index in [2.05, 4.69) is 10.1 Å². The molecule has 1 saturated heterocycles. The minimum atomic E-state index is -0.936. The molecule has 0 aromatic rings. The van der Waals surface area contributed by atoms with Gasteiger partial charge >= 0.3 is 11.9 Å². The highest BCUT2D eigenvalue weighted by Crippen LogP contribution is 2.19. The number of esters is 1. The van der Waals surface area contributed by atoms with Gasteiger partial charge in [-0.3, -0.25) is 10.1 Å². The van der Waals surface area contributed by atoms with Gasteiger partial charge in [0.05, 0.1) is 7.11 Å². The van der Waals surface area contributed by atoms with Crippen molar-refractivity contribution in [2.75, 3.05) is 12.9 Å². The van der Waals surface area contributed by atoms with Gasteiger partial charge in [0.1, 0.15) is 6.04 Å². The number of carboxylic acids is 1. The Morgan fingerprint density at radius 1 is 1.67 bits per heavy atom. The summed E-state index contributed by atoms with van der Waals surface area (Å²) in [6, 6.07) is -0.640. The number of nitrogens with one attached hydrogen (secondary N) is 1. The molecule has 68 valence electrons. The van der Waals surface area contributed by atoms with Gasteiger partial charge in [-0.15, -0.1) is 11.8 Å². The van der Waals surface area contributed by atoms with Crippen molar-refractivity contribution in [3.8, 4) is 0 Å². The zero-order valence-corrected chi connectivity index (χ0v) is 7.26.